The first-order valence-electron chi connectivity index (χ1n) is 8.68. The zero-order valence-corrected chi connectivity index (χ0v) is 15.1. The molecule has 132 valence electrons. The van der Waals surface area contributed by atoms with E-state index in [-0.39, 0.29) is 23.4 Å². The maximum absolute atomic E-state index is 12.5. The van der Waals surface area contributed by atoms with Crippen molar-refractivity contribution in [1.82, 2.24) is 9.62 Å². The van der Waals surface area contributed by atoms with Crippen molar-refractivity contribution in [2.45, 2.75) is 43.5 Å². The maximum atomic E-state index is 12.5. The van der Waals surface area contributed by atoms with E-state index in [1.165, 1.54) is 32.7 Å². The molecule has 2 saturated carbocycles. The molecular formula is C18H26N2O3S. The minimum Gasteiger partial charge on any atom is -0.352 e. The normalized spacial score (nSPS) is 27.4. The smallest absolute Gasteiger partial charge is 0.243 e. The molecule has 5 nitrogen and oxygen atoms in total. The first-order valence-corrected chi connectivity index (χ1v) is 10.1. The molecule has 24 heavy (non-hydrogen) atoms. The fourth-order valence-electron chi connectivity index (χ4n) is 4.37. The van der Waals surface area contributed by atoms with Crippen LogP contribution in [-0.2, 0) is 14.8 Å². The van der Waals surface area contributed by atoms with Gasteiger partial charge in [0.05, 0.1) is 11.4 Å². The van der Waals surface area contributed by atoms with Gasteiger partial charge in [0.2, 0.25) is 15.9 Å². The number of hydrogen-bond acceptors (Lipinski definition) is 3. The molecule has 1 amide bonds. The fourth-order valence-corrected chi connectivity index (χ4v) is 5.52. The average molecular weight is 350 g/mol. The van der Waals surface area contributed by atoms with Gasteiger partial charge in [0.1, 0.15) is 0 Å². The van der Waals surface area contributed by atoms with Crippen molar-refractivity contribution in [3.8, 4) is 0 Å². The summed E-state index contributed by atoms with van der Waals surface area (Å²) in [5.74, 6) is 1.88. The second-order valence-corrected chi connectivity index (χ2v) is 9.31. The number of fused-ring (bicyclic) bond motifs is 2. The van der Waals surface area contributed by atoms with Crippen molar-refractivity contribution in [2.24, 2.45) is 17.8 Å². The van der Waals surface area contributed by atoms with E-state index >= 15 is 0 Å². The lowest BCUT2D eigenvalue weighted by molar-refractivity contribution is -0.122. The van der Waals surface area contributed by atoms with E-state index in [9.17, 15) is 13.2 Å². The van der Waals surface area contributed by atoms with Crippen LogP contribution in [0.4, 0.5) is 0 Å². The van der Waals surface area contributed by atoms with E-state index < -0.39 is 10.0 Å². The Morgan fingerprint density at radius 1 is 1.25 bits per heavy atom. The number of sulfonamides is 1. The largest absolute Gasteiger partial charge is 0.352 e. The van der Waals surface area contributed by atoms with Gasteiger partial charge < -0.3 is 5.32 Å². The number of benzene rings is 1. The minimum absolute atomic E-state index is 0.112. The van der Waals surface area contributed by atoms with Gasteiger partial charge in [-0.15, -0.1) is 0 Å². The number of carbonyl (C=O) groups excluding carboxylic acids is 1. The summed E-state index contributed by atoms with van der Waals surface area (Å²) in [5, 5.41) is 3.02. The van der Waals surface area contributed by atoms with Crippen LogP contribution in [0.5, 0.6) is 0 Å². The fraction of sp³-hybridized carbons (Fsp3) is 0.611. The van der Waals surface area contributed by atoms with E-state index in [1.54, 1.807) is 30.3 Å². The van der Waals surface area contributed by atoms with Crippen LogP contribution >= 0.6 is 0 Å². The Labute approximate surface area is 144 Å². The molecule has 1 aromatic rings. The summed E-state index contributed by atoms with van der Waals surface area (Å²) in [6, 6.07) is 8.32. The van der Waals surface area contributed by atoms with Gasteiger partial charge in [-0.3, -0.25) is 4.79 Å². The zero-order chi connectivity index (χ0) is 17.3. The standard InChI is InChI=1S/C18H26N2O3S/c1-13(17-11-14-8-9-15(17)10-14)19-18(21)12-20(2)24(22,23)16-6-4-3-5-7-16/h3-7,13-15,17H,8-12H2,1-2H3,(H,19,21). The third-order valence-corrected chi connectivity index (χ3v) is 7.46. The highest BCUT2D eigenvalue weighted by molar-refractivity contribution is 7.89. The van der Waals surface area contributed by atoms with Crippen LogP contribution in [0.3, 0.4) is 0 Å². The van der Waals surface area contributed by atoms with Crippen LogP contribution < -0.4 is 5.32 Å². The summed E-state index contributed by atoms with van der Waals surface area (Å²) in [4.78, 5) is 12.5. The van der Waals surface area contributed by atoms with Gasteiger partial charge in [-0.25, -0.2) is 8.42 Å². The third-order valence-electron chi connectivity index (χ3n) is 5.64. The number of nitrogens with zero attached hydrogens (tertiary/aromatic N) is 1. The van der Waals surface area contributed by atoms with E-state index in [4.69, 9.17) is 0 Å². The molecule has 6 heteroatoms. The highest BCUT2D eigenvalue weighted by atomic mass is 32.2. The molecule has 0 saturated heterocycles. The summed E-state index contributed by atoms with van der Waals surface area (Å²) in [7, 11) is -2.18. The van der Waals surface area contributed by atoms with Gasteiger partial charge in [-0.1, -0.05) is 24.6 Å². The molecular weight excluding hydrogens is 324 g/mol. The second-order valence-electron chi connectivity index (χ2n) is 7.27. The van der Waals surface area contributed by atoms with E-state index in [2.05, 4.69) is 12.2 Å². The van der Waals surface area contributed by atoms with Crippen molar-refractivity contribution in [3.05, 3.63) is 30.3 Å². The maximum Gasteiger partial charge on any atom is 0.243 e. The van der Waals surface area contributed by atoms with Crippen molar-refractivity contribution in [1.29, 1.82) is 0 Å². The highest BCUT2D eigenvalue weighted by Crippen LogP contribution is 2.49. The summed E-state index contributed by atoms with van der Waals surface area (Å²) < 4.78 is 26.0. The number of carbonyl (C=O) groups is 1. The van der Waals surface area contributed by atoms with Gasteiger partial charge in [0.25, 0.3) is 0 Å². The molecule has 0 spiro atoms. The molecule has 2 fully saturated rings. The van der Waals surface area contributed by atoms with E-state index in [1.807, 2.05) is 0 Å². The molecule has 3 rings (SSSR count). The molecule has 0 heterocycles. The van der Waals surface area contributed by atoms with Crippen molar-refractivity contribution in [3.63, 3.8) is 0 Å². The molecule has 4 atom stereocenters. The monoisotopic (exact) mass is 350 g/mol. The number of hydrogen-bond donors (Lipinski definition) is 1. The molecule has 2 aliphatic carbocycles. The van der Waals surface area contributed by atoms with Gasteiger partial charge in [0.15, 0.2) is 0 Å². The predicted octanol–water partition coefficient (Wildman–Crippen LogP) is 2.25. The summed E-state index contributed by atoms with van der Waals surface area (Å²) >= 11 is 0. The molecule has 0 aliphatic heterocycles. The van der Waals surface area contributed by atoms with Crippen LogP contribution in [0, 0.1) is 17.8 Å². The van der Waals surface area contributed by atoms with Gasteiger partial charge in [0, 0.05) is 13.1 Å². The zero-order valence-electron chi connectivity index (χ0n) is 14.3. The molecule has 1 aromatic carbocycles. The summed E-state index contributed by atoms with van der Waals surface area (Å²) in [5.41, 5.74) is 0. The van der Waals surface area contributed by atoms with Crippen LogP contribution in [0.1, 0.15) is 32.6 Å². The lowest BCUT2D eigenvalue weighted by Crippen LogP contribution is -2.45. The van der Waals surface area contributed by atoms with Crippen molar-refractivity contribution in [2.75, 3.05) is 13.6 Å². The third kappa shape index (κ3) is 3.49. The molecule has 0 aromatic heterocycles. The van der Waals surface area contributed by atoms with Crippen LogP contribution in [0.15, 0.2) is 35.2 Å². The SMILES string of the molecule is CC(NC(=O)CN(C)S(=O)(=O)c1ccccc1)C1CC2CCC1C2. The lowest BCUT2D eigenvalue weighted by atomic mass is 9.84. The molecule has 2 bridgehead atoms. The Kier molecular flexibility index (Phi) is 4.97. The molecule has 1 N–H and O–H groups in total. The van der Waals surface area contributed by atoms with Gasteiger partial charge in [-0.2, -0.15) is 4.31 Å². The molecule has 0 radical (unpaired) electrons. The van der Waals surface area contributed by atoms with Crippen LogP contribution in [-0.4, -0.2) is 38.3 Å². The Morgan fingerprint density at radius 2 is 1.96 bits per heavy atom. The first-order chi connectivity index (χ1) is 11.4. The van der Waals surface area contributed by atoms with E-state index in [0.29, 0.717) is 5.92 Å². The highest BCUT2D eigenvalue weighted by Gasteiger charge is 2.42. The number of amides is 1. The summed E-state index contributed by atoms with van der Waals surface area (Å²) in [6.07, 6.45) is 5.11. The topological polar surface area (TPSA) is 66.5 Å². The van der Waals surface area contributed by atoms with E-state index in [0.717, 1.165) is 16.1 Å². The number of rotatable bonds is 6. The Balaban J connectivity index is 1.56. The molecule has 2 aliphatic rings. The first kappa shape index (κ1) is 17.4. The summed E-state index contributed by atoms with van der Waals surface area (Å²) in [6.45, 7) is 1.90. The van der Waals surface area contributed by atoms with Gasteiger partial charge in [-0.05, 0) is 56.1 Å². The van der Waals surface area contributed by atoms with Crippen molar-refractivity contribution >= 4 is 15.9 Å². The number of nitrogens with one attached hydrogen (secondary N) is 1. The van der Waals surface area contributed by atoms with Crippen LogP contribution in [0.2, 0.25) is 0 Å². The Hall–Kier alpha value is -1.40. The Morgan fingerprint density at radius 3 is 2.54 bits per heavy atom. The second kappa shape index (κ2) is 6.84. The number of likely N-dealkylation sites (N-methyl/N-ethyl adjacent to an activating group) is 1. The lowest BCUT2D eigenvalue weighted by Gasteiger charge is -2.29. The van der Waals surface area contributed by atoms with Crippen molar-refractivity contribution < 1.29 is 13.2 Å². The Bertz CT molecular complexity index is 689. The van der Waals surface area contributed by atoms with Crippen LogP contribution in [0.25, 0.3) is 0 Å². The molecule has 4 unspecified atom stereocenters. The average Bonchev–Trinajstić information content (AvgIpc) is 3.18. The predicted molar refractivity (Wildman–Crippen MR) is 92.8 cm³/mol. The minimum atomic E-state index is -3.62. The quantitative estimate of drug-likeness (QED) is 0.856. The van der Waals surface area contributed by atoms with Gasteiger partial charge >= 0.3 is 0 Å².